The molecule has 0 amide bonds. The topological polar surface area (TPSA) is 60.2 Å². The molecule has 1 atom stereocenters. The van der Waals surface area contributed by atoms with Crippen LogP contribution in [0.15, 0.2) is 22.7 Å². The predicted molar refractivity (Wildman–Crippen MR) is 70.8 cm³/mol. The Morgan fingerprint density at radius 3 is 3.00 bits per heavy atom. The van der Waals surface area contributed by atoms with Crippen LogP contribution < -0.4 is 5.32 Å². The molecule has 1 unspecified atom stereocenters. The second kappa shape index (κ2) is 5.11. The molecule has 1 aliphatic rings. The standard InChI is InChI=1S/C14H17N3O2/c1-9-3-4-10(2)11(7-9)14-16-13(17-19-14)12-8-18-6-5-15-12/h3-4,7,12,15H,5-6,8H2,1-2H3. The highest BCUT2D eigenvalue weighted by Crippen LogP contribution is 2.24. The van der Waals surface area contributed by atoms with Gasteiger partial charge in [0.2, 0.25) is 0 Å². The van der Waals surface area contributed by atoms with Gasteiger partial charge in [-0.1, -0.05) is 22.9 Å². The molecule has 100 valence electrons. The third-order valence-electron chi connectivity index (χ3n) is 3.30. The maximum absolute atomic E-state index is 5.41. The molecule has 1 fully saturated rings. The highest BCUT2D eigenvalue weighted by Gasteiger charge is 2.21. The van der Waals surface area contributed by atoms with Crippen LogP contribution in [0.5, 0.6) is 0 Å². The molecule has 2 aromatic rings. The summed E-state index contributed by atoms with van der Waals surface area (Å²) in [4.78, 5) is 4.49. The lowest BCUT2D eigenvalue weighted by molar-refractivity contribution is 0.0734. The Labute approximate surface area is 112 Å². The van der Waals surface area contributed by atoms with Crippen molar-refractivity contribution in [2.24, 2.45) is 0 Å². The molecule has 2 heterocycles. The Bertz CT molecular complexity index is 574. The minimum absolute atomic E-state index is 0.0244. The van der Waals surface area contributed by atoms with Crippen LogP contribution in [-0.2, 0) is 4.74 Å². The van der Waals surface area contributed by atoms with Crippen molar-refractivity contribution < 1.29 is 9.26 Å². The molecule has 0 spiro atoms. The van der Waals surface area contributed by atoms with Crippen molar-refractivity contribution in [3.8, 4) is 11.5 Å². The molecule has 5 nitrogen and oxygen atoms in total. The first-order valence-corrected chi connectivity index (χ1v) is 6.46. The molecule has 3 rings (SSSR count). The van der Waals surface area contributed by atoms with Crippen molar-refractivity contribution in [2.45, 2.75) is 19.9 Å². The lowest BCUT2D eigenvalue weighted by Gasteiger charge is -2.20. The van der Waals surface area contributed by atoms with Gasteiger partial charge in [0.1, 0.15) is 0 Å². The van der Waals surface area contributed by atoms with E-state index >= 15 is 0 Å². The summed E-state index contributed by atoms with van der Waals surface area (Å²) in [6.45, 7) is 6.24. The fourth-order valence-corrected chi connectivity index (χ4v) is 2.18. The van der Waals surface area contributed by atoms with Gasteiger partial charge >= 0.3 is 0 Å². The average molecular weight is 259 g/mol. The Balaban J connectivity index is 1.89. The molecule has 0 saturated carbocycles. The quantitative estimate of drug-likeness (QED) is 0.894. The molecule has 1 N–H and O–H groups in total. The molecule has 0 radical (unpaired) electrons. The molecule has 0 bridgehead atoms. The van der Waals surface area contributed by atoms with Crippen molar-refractivity contribution in [3.63, 3.8) is 0 Å². The molecular weight excluding hydrogens is 242 g/mol. The molecule has 19 heavy (non-hydrogen) atoms. The third-order valence-corrected chi connectivity index (χ3v) is 3.30. The predicted octanol–water partition coefficient (Wildman–Crippen LogP) is 2.01. The maximum Gasteiger partial charge on any atom is 0.258 e. The molecule has 1 aromatic heterocycles. The first kappa shape index (κ1) is 12.3. The Morgan fingerprint density at radius 2 is 2.21 bits per heavy atom. The van der Waals surface area contributed by atoms with Crippen molar-refractivity contribution in [1.82, 2.24) is 15.5 Å². The summed E-state index contributed by atoms with van der Waals surface area (Å²) in [6.07, 6.45) is 0. The minimum atomic E-state index is 0.0244. The SMILES string of the molecule is Cc1ccc(C)c(-c2nc(C3COCCN3)no2)c1. The smallest absolute Gasteiger partial charge is 0.258 e. The van der Waals surface area contributed by atoms with Gasteiger partial charge in [-0.05, 0) is 25.5 Å². The summed E-state index contributed by atoms with van der Waals surface area (Å²) in [6, 6.07) is 6.23. The van der Waals surface area contributed by atoms with Gasteiger partial charge < -0.3 is 14.6 Å². The monoisotopic (exact) mass is 259 g/mol. The van der Waals surface area contributed by atoms with E-state index < -0.39 is 0 Å². The van der Waals surface area contributed by atoms with Gasteiger partial charge in [0.15, 0.2) is 5.82 Å². The van der Waals surface area contributed by atoms with E-state index in [1.54, 1.807) is 0 Å². The van der Waals surface area contributed by atoms with E-state index in [4.69, 9.17) is 9.26 Å². The number of benzene rings is 1. The second-order valence-corrected chi connectivity index (χ2v) is 4.86. The van der Waals surface area contributed by atoms with Gasteiger partial charge in [-0.15, -0.1) is 0 Å². The average Bonchev–Trinajstić information content (AvgIpc) is 2.92. The number of aromatic nitrogens is 2. The van der Waals surface area contributed by atoms with Crippen molar-refractivity contribution in [2.75, 3.05) is 19.8 Å². The second-order valence-electron chi connectivity index (χ2n) is 4.86. The van der Waals surface area contributed by atoms with Crippen molar-refractivity contribution in [3.05, 3.63) is 35.2 Å². The van der Waals surface area contributed by atoms with E-state index in [1.165, 1.54) is 5.56 Å². The van der Waals surface area contributed by atoms with E-state index in [0.29, 0.717) is 18.3 Å². The van der Waals surface area contributed by atoms with Gasteiger partial charge in [-0.3, -0.25) is 0 Å². The summed E-state index contributed by atoms with van der Waals surface area (Å²) in [5, 5.41) is 7.37. The Morgan fingerprint density at radius 1 is 1.32 bits per heavy atom. The summed E-state index contributed by atoms with van der Waals surface area (Å²) >= 11 is 0. The van der Waals surface area contributed by atoms with E-state index in [-0.39, 0.29) is 6.04 Å². The normalized spacial score (nSPS) is 19.6. The fourth-order valence-electron chi connectivity index (χ4n) is 2.18. The number of ether oxygens (including phenoxy) is 1. The molecule has 1 aliphatic heterocycles. The molecule has 5 heteroatoms. The van der Waals surface area contributed by atoms with E-state index in [2.05, 4.69) is 40.6 Å². The summed E-state index contributed by atoms with van der Waals surface area (Å²) in [5.41, 5.74) is 3.31. The first-order valence-electron chi connectivity index (χ1n) is 6.46. The van der Waals surface area contributed by atoms with Gasteiger partial charge in [0.25, 0.3) is 5.89 Å². The third kappa shape index (κ3) is 2.52. The van der Waals surface area contributed by atoms with Crippen LogP contribution >= 0.6 is 0 Å². The lowest BCUT2D eigenvalue weighted by atomic mass is 10.1. The van der Waals surface area contributed by atoms with Crippen LogP contribution in [0.3, 0.4) is 0 Å². The van der Waals surface area contributed by atoms with Crippen molar-refractivity contribution in [1.29, 1.82) is 0 Å². The van der Waals surface area contributed by atoms with Crippen LogP contribution in [0.4, 0.5) is 0 Å². The van der Waals surface area contributed by atoms with Crippen LogP contribution in [-0.4, -0.2) is 29.9 Å². The largest absolute Gasteiger partial charge is 0.378 e. The van der Waals surface area contributed by atoms with Crippen LogP contribution in [0, 0.1) is 13.8 Å². The lowest BCUT2D eigenvalue weighted by Crippen LogP contribution is -2.35. The Hall–Kier alpha value is -1.72. The van der Waals surface area contributed by atoms with Crippen molar-refractivity contribution >= 4 is 0 Å². The summed E-state index contributed by atoms with van der Waals surface area (Å²) < 4.78 is 10.8. The summed E-state index contributed by atoms with van der Waals surface area (Å²) in [5.74, 6) is 1.24. The van der Waals surface area contributed by atoms with Crippen LogP contribution in [0.1, 0.15) is 23.0 Å². The van der Waals surface area contributed by atoms with E-state index in [1.807, 2.05) is 6.92 Å². The highest BCUT2D eigenvalue weighted by atomic mass is 16.5. The van der Waals surface area contributed by atoms with Gasteiger partial charge in [-0.2, -0.15) is 4.98 Å². The molecule has 0 aliphatic carbocycles. The summed E-state index contributed by atoms with van der Waals surface area (Å²) in [7, 11) is 0. The highest BCUT2D eigenvalue weighted by molar-refractivity contribution is 5.59. The zero-order valence-electron chi connectivity index (χ0n) is 11.1. The fraction of sp³-hybridized carbons (Fsp3) is 0.429. The zero-order valence-corrected chi connectivity index (χ0v) is 11.1. The first-order chi connectivity index (χ1) is 9.24. The number of rotatable bonds is 2. The number of nitrogens with zero attached hydrogens (tertiary/aromatic N) is 2. The van der Waals surface area contributed by atoms with Gasteiger partial charge in [0, 0.05) is 12.1 Å². The zero-order chi connectivity index (χ0) is 13.2. The maximum atomic E-state index is 5.41. The van der Waals surface area contributed by atoms with E-state index in [0.717, 1.165) is 24.3 Å². The number of aryl methyl sites for hydroxylation is 2. The number of hydrogen-bond acceptors (Lipinski definition) is 5. The number of hydrogen-bond donors (Lipinski definition) is 1. The van der Waals surface area contributed by atoms with Gasteiger partial charge in [-0.25, -0.2) is 0 Å². The number of morpholine rings is 1. The molecule has 1 saturated heterocycles. The van der Waals surface area contributed by atoms with Gasteiger partial charge in [0.05, 0.1) is 19.3 Å². The Kier molecular flexibility index (Phi) is 3.31. The molecular formula is C14H17N3O2. The van der Waals surface area contributed by atoms with Crippen LogP contribution in [0.25, 0.3) is 11.5 Å². The number of nitrogens with one attached hydrogen (secondary N) is 1. The van der Waals surface area contributed by atoms with E-state index in [9.17, 15) is 0 Å². The molecule has 1 aromatic carbocycles. The minimum Gasteiger partial charge on any atom is -0.378 e. The van der Waals surface area contributed by atoms with Crippen LogP contribution in [0.2, 0.25) is 0 Å².